The summed E-state index contributed by atoms with van der Waals surface area (Å²) in [5.74, 6) is 0.919. The number of ether oxygens (including phenoxy) is 5. The Morgan fingerprint density at radius 1 is 1.10 bits per heavy atom. The lowest BCUT2D eigenvalue weighted by Crippen LogP contribution is -2.45. The molecular formula is C32H34BrN5O10. The van der Waals surface area contributed by atoms with E-state index in [0.717, 1.165) is 5.56 Å². The van der Waals surface area contributed by atoms with Gasteiger partial charge < -0.3 is 39.4 Å². The minimum Gasteiger partial charge on any atom is -0.493 e. The molecule has 0 bridgehead atoms. The molecule has 2 atom stereocenters. The van der Waals surface area contributed by atoms with Crippen LogP contribution in [0.15, 0.2) is 75.4 Å². The molecule has 0 fully saturated rings. The lowest BCUT2D eigenvalue weighted by molar-refractivity contribution is -0.384. The predicted octanol–water partition coefficient (Wildman–Crippen LogP) is 4.47. The van der Waals surface area contributed by atoms with E-state index >= 15 is 0 Å². The first-order valence-electron chi connectivity index (χ1n) is 14.5. The maximum Gasteiger partial charge on any atom is 0.337 e. The number of nitrogens with one attached hydrogen (secondary N) is 3. The maximum atomic E-state index is 12.5. The fraction of sp³-hybridized carbons (Fsp3) is 0.281. The van der Waals surface area contributed by atoms with Gasteiger partial charge in [-0.2, -0.15) is 5.10 Å². The largest absolute Gasteiger partial charge is 0.493 e. The van der Waals surface area contributed by atoms with Gasteiger partial charge in [0, 0.05) is 17.8 Å². The van der Waals surface area contributed by atoms with Crippen LogP contribution in [0.1, 0.15) is 36.6 Å². The highest BCUT2D eigenvalue weighted by Gasteiger charge is 2.32. The zero-order chi connectivity index (χ0) is 34.8. The zero-order valence-electron chi connectivity index (χ0n) is 26.4. The molecule has 254 valence electrons. The van der Waals surface area contributed by atoms with E-state index in [1.165, 1.54) is 32.6 Å². The predicted molar refractivity (Wildman–Crippen MR) is 177 cm³/mol. The lowest BCUT2D eigenvalue weighted by Gasteiger charge is -2.28. The van der Waals surface area contributed by atoms with Crippen LogP contribution < -0.4 is 35.0 Å². The fourth-order valence-corrected chi connectivity index (χ4v) is 5.22. The smallest absolute Gasteiger partial charge is 0.337 e. The first-order chi connectivity index (χ1) is 23.0. The van der Waals surface area contributed by atoms with Gasteiger partial charge in [0.25, 0.3) is 5.69 Å². The van der Waals surface area contributed by atoms with Crippen molar-refractivity contribution in [2.45, 2.75) is 32.7 Å². The third kappa shape index (κ3) is 8.92. The van der Waals surface area contributed by atoms with Crippen molar-refractivity contribution in [3.8, 4) is 23.0 Å². The average molecular weight is 729 g/mol. The van der Waals surface area contributed by atoms with Crippen LogP contribution in [0.3, 0.4) is 0 Å². The van der Waals surface area contributed by atoms with Crippen molar-refractivity contribution in [2.24, 2.45) is 5.10 Å². The quantitative estimate of drug-likeness (QED) is 0.0568. The molecule has 0 radical (unpaired) electrons. The molecule has 0 spiro atoms. The number of urea groups is 1. The second kappa shape index (κ2) is 16.5. The van der Waals surface area contributed by atoms with E-state index in [-0.39, 0.29) is 24.5 Å². The molecule has 4 rings (SSSR count). The van der Waals surface area contributed by atoms with Crippen LogP contribution in [0.5, 0.6) is 23.0 Å². The Hall–Kier alpha value is -5.35. The summed E-state index contributed by atoms with van der Waals surface area (Å²) in [6, 6.07) is 13.2. The van der Waals surface area contributed by atoms with Crippen LogP contribution in [-0.2, 0) is 16.1 Å². The molecular weight excluding hydrogens is 694 g/mol. The number of amides is 2. The van der Waals surface area contributed by atoms with Gasteiger partial charge in [-0.1, -0.05) is 6.07 Å². The lowest BCUT2D eigenvalue weighted by atomic mass is 9.95. The van der Waals surface area contributed by atoms with Crippen LogP contribution >= 0.6 is 15.9 Å². The van der Waals surface area contributed by atoms with Crippen LogP contribution in [0, 0.1) is 10.1 Å². The van der Waals surface area contributed by atoms with Crippen molar-refractivity contribution in [2.75, 3.05) is 27.4 Å². The van der Waals surface area contributed by atoms with Crippen molar-refractivity contribution >= 4 is 39.8 Å². The van der Waals surface area contributed by atoms with Crippen molar-refractivity contribution in [3.63, 3.8) is 0 Å². The van der Waals surface area contributed by atoms with E-state index in [0.29, 0.717) is 50.9 Å². The standard InChI is InChI=1S/C32H34BrN5O10/c1-5-46-25-14-21(29-28(31(40)45-4)18(2)35-32(41)36-29)8-11-24(25)47-17-27(39)37-34-15-20-12-23(33)30(26(13-20)44-3)48-16-19-6-9-22(10-7-19)38(42)43/h6-15,27,29,37,39H,5,16-17H2,1-4H3,(H2,35,36,41)/b34-15-/t27-,29+/m0/s1. The molecule has 0 aliphatic carbocycles. The van der Waals surface area contributed by atoms with Gasteiger partial charge in [-0.15, -0.1) is 0 Å². The molecule has 48 heavy (non-hydrogen) atoms. The number of rotatable bonds is 15. The molecule has 3 aromatic rings. The molecule has 1 heterocycles. The molecule has 3 aromatic carbocycles. The number of carbonyl (C=O) groups is 2. The van der Waals surface area contributed by atoms with Crippen molar-refractivity contribution in [1.29, 1.82) is 0 Å². The summed E-state index contributed by atoms with van der Waals surface area (Å²) in [6.45, 7) is 3.67. The van der Waals surface area contributed by atoms with E-state index in [4.69, 9.17) is 23.7 Å². The van der Waals surface area contributed by atoms with E-state index in [1.807, 2.05) is 0 Å². The van der Waals surface area contributed by atoms with Gasteiger partial charge in [0.1, 0.15) is 13.2 Å². The average Bonchev–Trinajstić information content (AvgIpc) is 3.06. The Morgan fingerprint density at radius 2 is 1.85 bits per heavy atom. The fourth-order valence-electron chi connectivity index (χ4n) is 4.64. The number of carbonyl (C=O) groups excluding carboxylic acids is 2. The van der Waals surface area contributed by atoms with E-state index in [1.54, 1.807) is 56.3 Å². The summed E-state index contributed by atoms with van der Waals surface area (Å²) in [7, 11) is 2.75. The number of hydrogen-bond donors (Lipinski definition) is 4. The molecule has 16 heteroatoms. The number of halogens is 1. The summed E-state index contributed by atoms with van der Waals surface area (Å²) in [4.78, 5) is 35.0. The normalized spacial score (nSPS) is 14.9. The van der Waals surface area contributed by atoms with Gasteiger partial charge in [0.2, 0.25) is 0 Å². The van der Waals surface area contributed by atoms with Gasteiger partial charge in [-0.25, -0.2) is 9.59 Å². The number of hydrazone groups is 1. The number of allylic oxidation sites excluding steroid dienone is 1. The molecule has 1 aliphatic heterocycles. The highest BCUT2D eigenvalue weighted by atomic mass is 79.9. The molecule has 2 amide bonds. The van der Waals surface area contributed by atoms with Crippen molar-refractivity contribution in [3.05, 3.63) is 97.1 Å². The molecule has 1 aliphatic rings. The molecule has 0 saturated carbocycles. The summed E-state index contributed by atoms with van der Waals surface area (Å²) in [5, 5.41) is 30.8. The number of non-ortho nitro benzene ring substituents is 1. The number of aliphatic hydroxyl groups is 1. The molecule has 0 saturated heterocycles. The Labute approximate surface area is 284 Å². The van der Waals surface area contributed by atoms with Crippen molar-refractivity contribution in [1.82, 2.24) is 16.1 Å². The summed E-state index contributed by atoms with van der Waals surface area (Å²) < 4.78 is 28.4. The van der Waals surface area contributed by atoms with Crippen LogP contribution in [-0.4, -0.2) is 61.9 Å². The van der Waals surface area contributed by atoms with Gasteiger partial charge in [0.05, 0.1) is 48.1 Å². The highest BCUT2D eigenvalue weighted by molar-refractivity contribution is 9.10. The zero-order valence-corrected chi connectivity index (χ0v) is 28.0. The second-order valence-electron chi connectivity index (χ2n) is 10.2. The Morgan fingerprint density at radius 3 is 2.52 bits per heavy atom. The third-order valence-electron chi connectivity index (χ3n) is 6.89. The number of methoxy groups -OCH3 is 2. The van der Waals surface area contributed by atoms with E-state index in [9.17, 15) is 24.8 Å². The van der Waals surface area contributed by atoms with Gasteiger partial charge in [-0.05, 0) is 82.9 Å². The van der Waals surface area contributed by atoms with E-state index < -0.39 is 29.2 Å². The van der Waals surface area contributed by atoms with E-state index in [2.05, 4.69) is 37.1 Å². The Balaban J connectivity index is 1.38. The number of aliphatic hydroxyl groups excluding tert-OH is 1. The van der Waals surface area contributed by atoms with Gasteiger partial charge >= 0.3 is 12.0 Å². The Bertz CT molecular complexity index is 1710. The SMILES string of the molecule is CCOc1cc([C@H]2NC(=O)NC(C)=C2C(=O)OC)ccc1OC[C@H](O)N/N=C\c1cc(Br)c(OCc2ccc([N+](=O)[O-])cc2)c(OC)c1. The minimum atomic E-state index is -1.20. The first-order valence-corrected chi connectivity index (χ1v) is 15.3. The molecule has 0 aromatic heterocycles. The number of esters is 1. The minimum absolute atomic E-state index is 0.00887. The number of nitro groups is 1. The van der Waals surface area contributed by atoms with Crippen LogP contribution in [0.2, 0.25) is 0 Å². The number of hydrogen-bond acceptors (Lipinski definition) is 12. The monoisotopic (exact) mass is 727 g/mol. The first kappa shape index (κ1) is 35.5. The Kier molecular flexibility index (Phi) is 12.2. The maximum absolute atomic E-state index is 12.5. The molecule has 4 N–H and O–H groups in total. The van der Waals surface area contributed by atoms with Gasteiger partial charge in [-0.3, -0.25) is 15.5 Å². The highest BCUT2D eigenvalue weighted by Crippen LogP contribution is 2.37. The molecule has 0 unspecified atom stereocenters. The third-order valence-corrected chi connectivity index (χ3v) is 7.48. The number of benzene rings is 3. The number of nitrogens with zero attached hydrogens (tertiary/aromatic N) is 2. The summed E-state index contributed by atoms with van der Waals surface area (Å²) in [5.41, 5.74) is 5.13. The number of nitro benzene ring substituents is 1. The molecule has 15 nitrogen and oxygen atoms in total. The van der Waals surface area contributed by atoms with Gasteiger partial charge in [0.15, 0.2) is 29.2 Å². The van der Waals surface area contributed by atoms with Crippen LogP contribution in [0.4, 0.5) is 10.5 Å². The van der Waals surface area contributed by atoms with Crippen LogP contribution in [0.25, 0.3) is 0 Å². The summed E-state index contributed by atoms with van der Waals surface area (Å²) in [6.07, 6.45) is 0.268. The van der Waals surface area contributed by atoms with Crippen molar-refractivity contribution < 1.29 is 43.3 Å². The summed E-state index contributed by atoms with van der Waals surface area (Å²) >= 11 is 3.48. The second-order valence-corrected chi connectivity index (χ2v) is 11.0. The topological polar surface area (TPSA) is 192 Å².